The Hall–Kier alpha value is -9.90. The highest BCUT2D eigenvalue weighted by Crippen LogP contribution is 2.50. The zero-order chi connectivity index (χ0) is 56.8. The van der Waals surface area contributed by atoms with E-state index in [1.807, 2.05) is 0 Å². The van der Waals surface area contributed by atoms with Gasteiger partial charge in [-0.3, -0.25) is 0 Å². The highest BCUT2D eigenvalue weighted by Gasteiger charge is 2.45. The molecule has 0 unspecified atom stereocenters. The van der Waals surface area contributed by atoms with Crippen molar-refractivity contribution in [3.8, 4) is 61.3 Å². The van der Waals surface area contributed by atoms with Crippen LogP contribution >= 0.6 is 0 Å². The Balaban J connectivity index is 1.11. The van der Waals surface area contributed by atoms with Crippen molar-refractivity contribution >= 4 is 79.0 Å². The maximum atomic E-state index is 2.62. The first-order chi connectivity index (χ1) is 40.9. The first-order valence-electron chi connectivity index (χ1n) is 29.6. The zero-order valence-electron chi connectivity index (χ0n) is 48.5. The molecule has 0 N–H and O–H groups in total. The number of hydrogen-bond donors (Lipinski definition) is 0. The van der Waals surface area contributed by atoms with Gasteiger partial charge in [0, 0.05) is 56.1 Å². The largest absolute Gasteiger partial charge is 0.311 e. The molecule has 0 bridgehead atoms. The van der Waals surface area contributed by atoms with Crippen LogP contribution in [0.3, 0.4) is 0 Å². The monoisotopic (exact) mass is 1080 g/mol. The summed E-state index contributed by atoms with van der Waals surface area (Å²) >= 11 is 0. The van der Waals surface area contributed by atoms with E-state index >= 15 is 0 Å². The van der Waals surface area contributed by atoms with Gasteiger partial charge < -0.3 is 14.4 Å². The lowest BCUT2D eigenvalue weighted by Crippen LogP contribution is -2.61. The fourth-order valence-electron chi connectivity index (χ4n) is 13.4. The summed E-state index contributed by atoms with van der Waals surface area (Å²) in [7, 11) is 0. The standard InChI is InChI=1S/C80H64BN3/c1-79(2,3)62-39-41-73-70(51-62)81-71-52-63(80(4,5)6)40-42-74(71)83(66-47-59(55-29-16-9-17-30-55)44-60(48-66)56-31-18-10-19-32-56)76-50-61(67-36-24-37-69-68-35-22-23-38-72(68)84(78(67)69)64-33-20-11-21-34-64)49-75(77(76)81)82(73)65-45-57(53-25-12-7-13-26-53)43-58(46-65)54-27-14-8-15-28-54/h7-52H,1-6H3. The third kappa shape index (κ3) is 8.67. The summed E-state index contributed by atoms with van der Waals surface area (Å²) in [6.45, 7) is 14.0. The number of rotatable bonds is 8. The van der Waals surface area contributed by atoms with E-state index < -0.39 is 0 Å². The van der Waals surface area contributed by atoms with Gasteiger partial charge in [-0.1, -0.05) is 242 Å². The number of para-hydroxylation sites is 3. The molecule has 0 saturated carbocycles. The molecule has 1 aromatic heterocycles. The van der Waals surface area contributed by atoms with Crippen molar-refractivity contribution in [1.29, 1.82) is 0 Å². The molecule has 15 rings (SSSR count). The maximum absolute atomic E-state index is 2.62. The minimum absolute atomic E-state index is 0.112. The number of aromatic nitrogens is 1. The predicted octanol–water partition coefficient (Wildman–Crippen LogP) is 19.8. The highest BCUT2D eigenvalue weighted by molar-refractivity contribution is 7.00. The van der Waals surface area contributed by atoms with Crippen LogP contribution in [0.5, 0.6) is 0 Å². The number of fused-ring (bicyclic) bond motifs is 7. The number of benzene rings is 12. The van der Waals surface area contributed by atoms with E-state index in [-0.39, 0.29) is 17.5 Å². The lowest BCUT2D eigenvalue weighted by Gasteiger charge is -2.45. The Morgan fingerprint density at radius 2 is 0.679 bits per heavy atom. The van der Waals surface area contributed by atoms with Crippen LogP contribution in [0.2, 0.25) is 0 Å². The van der Waals surface area contributed by atoms with Crippen molar-refractivity contribution < 1.29 is 0 Å². The molecule has 0 spiro atoms. The Kier molecular flexibility index (Phi) is 12.1. The van der Waals surface area contributed by atoms with Crippen molar-refractivity contribution in [1.82, 2.24) is 4.57 Å². The normalized spacial score (nSPS) is 12.8. The van der Waals surface area contributed by atoms with Gasteiger partial charge in [0.2, 0.25) is 0 Å². The van der Waals surface area contributed by atoms with Crippen molar-refractivity contribution in [3.63, 3.8) is 0 Å². The van der Waals surface area contributed by atoms with Crippen LogP contribution in [0, 0.1) is 0 Å². The van der Waals surface area contributed by atoms with Crippen molar-refractivity contribution in [3.05, 3.63) is 290 Å². The van der Waals surface area contributed by atoms with Gasteiger partial charge >= 0.3 is 0 Å². The fourth-order valence-corrected chi connectivity index (χ4v) is 13.4. The summed E-state index contributed by atoms with van der Waals surface area (Å²) in [4.78, 5) is 5.25. The average Bonchev–Trinajstić information content (AvgIpc) is 4.15. The molecule has 2 aliphatic heterocycles. The molecule has 0 aliphatic carbocycles. The van der Waals surface area contributed by atoms with E-state index in [0.29, 0.717) is 0 Å². The molecule has 0 fully saturated rings. The van der Waals surface area contributed by atoms with Gasteiger partial charge in [-0.05, 0) is 167 Å². The summed E-state index contributed by atoms with van der Waals surface area (Å²) < 4.78 is 2.49. The second-order valence-electron chi connectivity index (χ2n) is 25.0. The summed E-state index contributed by atoms with van der Waals surface area (Å²) in [6.07, 6.45) is 0. The predicted molar refractivity (Wildman–Crippen MR) is 359 cm³/mol. The Morgan fingerprint density at radius 1 is 0.286 bits per heavy atom. The van der Waals surface area contributed by atoms with Gasteiger partial charge in [0.1, 0.15) is 0 Å². The van der Waals surface area contributed by atoms with Crippen LogP contribution in [-0.2, 0) is 10.8 Å². The van der Waals surface area contributed by atoms with Gasteiger partial charge in [0.15, 0.2) is 0 Å². The van der Waals surface area contributed by atoms with Gasteiger partial charge in [-0.2, -0.15) is 0 Å². The summed E-state index contributed by atoms with van der Waals surface area (Å²) in [5.41, 5.74) is 28.3. The van der Waals surface area contributed by atoms with E-state index in [9.17, 15) is 0 Å². The average molecular weight is 1080 g/mol. The highest BCUT2D eigenvalue weighted by atomic mass is 15.2. The first kappa shape index (κ1) is 51.0. The lowest BCUT2D eigenvalue weighted by molar-refractivity contribution is 0.590. The molecule has 0 saturated heterocycles. The third-order valence-corrected chi connectivity index (χ3v) is 17.6. The molecule has 2 aliphatic rings. The van der Waals surface area contributed by atoms with Crippen LogP contribution in [0.25, 0.3) is 83.1 Å². The fraction of sp³-hybridized carbons (Fsp3) is 0.100. The Morgan fingerprint density at radius 3 is 1.11 bits per heavy atom. The SMILES string of the molecule is CC(C)(C)c1ccc2c(c1)B1c3cc(C(C)(C)C)ccc3N(c3cc(-c4ccccc4)cc(-c4ccccc4)c3)c3cc(-c4cccc5c6ccccc6n(-c6ccccc6)c45)cc(c31)N2c1cc(-c2ccccc2)cc(-c2ccccc2)c1. The van der Waals surface area contributed by atoms with Crippen LogP contribution in [0.15, 0.2) is 279 Å². The molecule has 3 nitrogen and oxygen atoms in total. The molecule has 13 aromatic rings. The molecule has 3 heterocycles. The Bertz CT molecular complexity index is 4330. The minimum atomic E-state index is -0.116. The summed E-state index contributed by atoms with van der Waals surface area (Å²) in [5, 5.41) is 2.45. The zero-order valence-corrected chi connectivity index (χ0v) is 48.5. The van der Waals surface area contributed by atoms with Crippen molar-refractivity contribution in [2.24, 2.45) is 0 Å². The van der Waals surface area contributed by atoms with Crippen molar-refractivity contribution in [2.75, 3.05) is 9.80 Å². The topological polar surface area (TPSA) is 11.4 Å². The minimum Gasteiger partial charge on any atom is -0.311 e. The van der Waals surface area contributed by atoms with Crippen LogP contribution < -0.4 is 26.2 Å². The maximum Gasteiger partial charge on any atom is 0.252 e. The molecule has 0 radical (unpaired) electrons. The first-order valence-corrected chi connectivity index (χ1v) is 29.6. The van der Waals surface area contributed by atoms with Gasteiger partial charge in [-0.25, -0.2) is 0 Å². The van der Waals surface area contributed by atoms with Crippen LogP contribution in [0.1, 0.15) is 52.7 Å². The molecule has 402 valence electrons. The smallest absolute Gasteiger partial charge is 0.252 e. The third-order valence-electron chi connectivity index (χ3n) is 17.6. The molecule has 0 amide bonds. The van der Waals surface area contributed by atoms with E-state index in [2.05, 4.69) is 335 Å². The van der Waals surface area contributed by atoms with Gasteiger partial charge in [0.05, 0.1) is 11.0 Å². The molecule has 0 atom stereocenters. The van der Waals surface area contributed by atoms with E-state index in [0.717, 1.165) is 61.8 Å². The molecule has 12 aromatic carbocycles. The number of hydrogen-bond acceptors (Lipinski definition) is 2. The molecular formula is C80H64BN3. The van der Waals surface area contributed by atoms with Crippen LogP contribution in [-0.4, -0.2) is 11.3 Å². The second kappa shape index (κ2) is 19.9. The van der Waals surface area contributed by atoms with E-state index in [1.54, 1.807) is 0 Å². The van der Waals surface area contributed by atoms with Crippen LogP contribution in [0.4, 0.5) is 34.1 Å². The van der Waals surface area contributed by atoms with E-state index in [1.165, 1.54) is 82.9 Å². The lowest BCUT2D eigenvalue weighted by atomic mass is 9.33. The number of nitrogens with zero attached hydrogens (tertiary/aromatic N) is 3. The van der Waals surface area contributed by atoms with Gasteiger partial charge in [0.25, 0.3) is 6.71 Å². The number of anilines is 6. The summed E-state index contributed by atoms with van der Waals surface area (Å²) in [6, 6.07) is 105. The summed E-state index contributed by atoms with van der Waals surface area (Å²) in [5.74, 6) is 0. The Labute approximate surface area is 494 Å². The second-order valence-corrected chi connectivity index (χ2v) is 25.0. The van der Waals surface area contributed by atoms with Crippen molar-refractivity contribution in [2.45, 2.75) is 52.4 Å². The van der Waals surface area contributed by atoms with Gasteiger partial charge in [-0.15, -0.1) is 0 Å². The van der Waals surface area contributed by atoms with E-state index in [4.69, 9.17) is 0 Å². The quantitative estimate of drug-likeness (QED) is 0.141. The molecular weight excluding hydrogens is 1010 g/mol. The molecule has 4 heteroatoms. The molecule has 84 heavy (non-hydrogen) atoms.